The summed E-state index contributed by atoms with van der Waals surface area (Å²) >= 11 is 2.67. The third-order valence-electron chi connectivity index (χ3n) is 10.9. The number of pyridine rings is 1. The second-order valence-corrected chi connectivity index (χ2v) is 18.8. The van der Waals surface area contributed by atoms with Gasteiger partial charge < -0.3 is 53.1 Å². The second kappa shape index (κ2) is 21.1. The van der Waals surface area contributed by atoms with Gasteiger partial charge in [-0.05, 0) is 34.4 Å². The molecule has 6 aromatic rings. The van der Waals surface area contributed by atoms with Gasteiger partial charge in [0.05, 0.1) is 18.4 Å². The molecule has 0 bridgehead atoms. The van der Waals surface area contributed by atoms with Crippen molar-refractivity contribution in [1.82, 2.24) is 15.2 Å². The van der Waals surface area contributed by atoms with Crippen LogP contribution in [0.25, 0.3) is 5.57 Å². The van der Waals surface area contributed by atoms with Crippen molar-refractivity contribution < 1.29 is 66.0 Å². The molecule has 2 N–H and O–H groups in total. The second-order valence-electron chi connectivity index (χ2n) is 14.7. The number of hydrogen-bond donors (Lipinski definition) is 2. The average molecular weight is 1040 g/mol. The van der Waals surface area contributed by atoms with Crippen molar-refractivity contribution in [2.45, 2.75) is 30.1 Å². The lowest BCUT2D eigenvalue weighted by Crippen LogP contribution is -3.00. The lowest BCUT2D eigenvalue weighted by molar-refractivity contribution is -0.689. The minimum atomic E-state index is -3.97. The molecular formula is C48H45IN5O8PS2. The smallest absolute Gasteiger partial charge is 0.355 e. The Balaban J connectivity index is 0.00000630. The van der Waals surface area contributed by atoms with Crippen molar-refractivity contribution in [3.05, 3.63) is 196 Å². The van der Waals surface area contributed by atoms with Crippen molar-refractivity contribution in [3.63, 3.8) is 0 Å². The molecule has 2 aromatic heterocycles. The molecule has 0 saturated carbocycles. The monoisotopic (exact) mass is 1040 g/mol. The standard InChI is InChI=1S/C48H44N5O8PS2.HI/c1-58-38-24-22-33(23-25-38)29-61-46(56)42-34(28-52-26-14-7-15-27-52)31-63-45-41(44(55)53(42)45)50-43(54)39(30-62(57,59-2)60-3)40-32-64-47(49-40)51-48(35-16-8-4-9-17-35,36-18-10-5-11-19-36)37-20-12-6-13-21-37;/h4-27,30,32,41,45H,28-29,31H2,1-3H3,(H-,49,50,51,54);1H/b39-30-;/t41-,45-;/m1./s1. The van der Waals surface area contributed by atoms with Crippen LogP contribution in [0.5, 0.6) is 5.75 Å². The number of nitrogens with zero attached hydrogens (tertiary/aromatic N) is 3. The summed E-state index contributed by atoms with van der Waals surface area (Å²) in [5.74, 6) is 0.272. The first kappa shape index (κ1) is 47.3. The lowest BCUT2D eigenvalue weighted by atomic mass is 9.77. The van der Waals surface area contributed by atoms with E-state index in [0.29, 0.717) is 28.8 Å². The molecule has 0 spiro atoms. The number of ether oxygens (including phenoxy) is 2. The summed E-state index contributed by atoms with van der Waals surface area (Å²) in [6.07, 6.45) is 3.75. The number of benzene rings is 4. The molecule has 334 valence electrons. The highest BCUT2D eigenvalue weighted by atomic mass is 127. The molecule has 2 aliphatic rings. The van der Waals surface area contributed by atoms with Gasteiger partial charge in [0.15, 0.2) is 24.1 Å². The van der Waals surface area contributed by atoms with E-state index < -0.39 is 42.3 Å². The number of nitrogens with one attached hydrogen (secondary N) is 2. The van der Waals surface area contributed by atoms with E-state index in [1.54, 1.807) is 36.8 Å². The third-order valence-corrected chi connectivity index (χ3v) is 14.6. The zero-order valence-electron chi connectivity index (χ0n) is 35.5. The molecule has 4 heterocycles. The highest BCUT2D eigenvalue weighted by Gasteiger charge is 2.55. The van der Waals surface area contributed by atoms with Crippen LogP contribution in [-0.2, 0) is 51.4 Å². The van der Waals surface area contributed by atoms with Gasteiger partial charge in [0.1, 0.15) is 35.0 Å². The van der Waals surface area contributed by atoms with E-state index >= 15 is 0 Å². The van der Waals surface area contributed by atoms with Gasteiger partial charge in [0.2, 0.25) is 0 Å². The number of rotatable bonds is 17. The molecule has 2 aliphatic heterocycles. The van der Waals surface area contributed by atoms with Crippen LogP contribution >= 0.6 is 30.7 Å². The summed E-state index contributed by atoms with van der Waals surface area (Å²) in [5, 5.41) is 8.06. The fourth-order valence-electron chi connectivity index (χ4n) is 7.69. The number of halogens is 1. The molecular weight excluding hydrogens is 997 g/mol. The van der Waals surface area contributed by atoms with Gasteiger partial charge in [-0.3, -0.25) is 19.1 Å². The minimum absolute atomic E-state index is 0. The van der Waals surface area contributed by atoms with E-state index in [9.17, 15) is 18.9 Å². The number of methoxy groups -OCH3 is 1. The molecule has 13 nitrogen and oxygen atoms in total. The Labute approximate surface area is 402 Å². The highest BCUT2D eigenvalue weighted by molar-refractivity contribution is 8.00. The highest BCUT2D eigenvalue weighted by Crippen LogP contribution is 2.51. The van der Waals surface area contributed by atoms with Gasteiger partial charge >= 0.3 is 13.6 Å². The number of carbonyl (C=O) groups is 3. The fraction of sp³-hybridized carbons (Fsp3) is 0.188. The van der Waals surface area contributed by atoms with Crippen LogP contribution in [0.2, 0.25) is 0 Å². The number of esters is 1. The van der Waals surface area contributed by atoms with Gasteiger partial charge in [-0.25, -0.2) is 14.3 Å². The van der Waals surface area contributed by atoms with Crippen LogP contribution in [0.15, 0.2) is 168 Å². The summed E-state index contributed by atoms with van der Waals surface area (Å²) in [6.45, 7) is 0.309. The number of thioether (sulfide) groups is 1. The zero-order valence-corrected chi connectivity index (χ0v) is 40.2. The quantitative estimate of drug-likeness (QED) is 0.0248. The topological polar surface area (TPSA) is 149 Å². The predicted octanol–water partition coefficient (Wildman–Crippen LogP) is 4.77. The van der Waals surface area contributed by atoms with Crippen LogP contribution in [0.3, 0.4) is 0 Å². The van der Waals surface area contributed by atoms with Crippen LogP contribution in [0, 0.1) is 0 Å². The van der Waals surface area contributed by atoms with E-state index in [1.807, 2.05) is 126 Å². The molecule has 0 aliphatic carbocycles. The van der Waals surface area contributed by atoms with Gasteiger partial charge in [0, 0.05) is 48.9 Å². The van der Waals surface area contributed by atoms with E-state index in [2.05, 4.69) is 10.6 Å². The van der Waals surface area contributed by atoms with Crippen LogP contribution in [-0.4, -0.2) is 66.2 Å². The zero-order chi connectivity index (χ0) is 44.7. The molecule has 0 radical (unpaired) electrons. The van der Waals surface area contributed by atoms with Crippen molar-refractivity contribution in [2.24, 2.45) is 0 Å². The number of aromatic nitrogens is 2. The molecule has 65 heavy (non-hydrogen) atoms. The van der Waals surface area contributed by atoms with E-state index in [1.165, 1.54) is 42.2 Å². The van der Waals surface area contributed by atoms with Crippen molar-refractivity contribution >= 4 is 59.2 Å². The Bertz CT molecular complexity index is 2620. The summed E-state index contributed by atoms with van der Waals surface area (Å²) < 4.78 is 37.2. The van der Waals surface area contributed by atoms with Crippen LogP contribution < -0.4 is 43.9 Å². The Morgan fingerprint density at radius 2 is 1.42 bits per heavy atom. The van der Waals surface area contributed by atoms with Gasteiger partial charge in [0.25, 0.3) is 11.8 Å². The summed E-state index contributed by atoms with van der Waals surface area (Å²) in [4.78, 5) is 49.0. The maximum absolute atomic E-state index is 14.5. The molecule has 2 atom stereocenters. The average Bonchev–Trinajstić information content (AvgIpc) is 3.82. The molecule has 1 saturated heterocycles. The Morgan fingerprint density at radius 3 is 1.97 bits per heavy atom. The molecule has 0 unspecified atom stereocenters. The fourth-order valence-corrected chi connectivity index (χ4v) is 10.7. The maximum atomic E-state index is 14.5. The van der Waals surface area contributed by atoms with Gasteiger partial charge in [-0.2, -0.15) is 0 Å². The van der Waals surface area contributed by atoms with Crippen LogP contribution in [0.1, 0.15) is 27.9 Å². The first-order valence-electron chi connectivity index (χ1n) is 20.2. The lowest BCUT2D eigenvalue weighted by Gasteiger charge is -2.49. The number of carbonyl (C=O) groups excluding carboxylic acids is 3. The van der Waals surface area contributed by atoms with Crippen molar-refractivity contribution in [2.75, 3.05) is 32.4 Å². The van der Waals surface area contributed by atoms with Crippen LogP contribution in [0.4, 0.5) is 5.13 Å². The van der Waals surface area contributed by atoms with Crippen molar-refractivity contribution in [1.29, 1.82) is 0 Å². The first-order valence-corrected chi connectivity index (χ1v) is 23.8. The Hall–Kier alpha value is -5.62. The summed E-state index contributed by atoms with van der Waals surface area (Å²) in [7, 11) is 0.0409. The number of fused-ring (bicyclic) bond motifs is 1. The number of amides is 2. The number of hydrogen-bond acceptors (Lipinski definition) is 12. The Morgan fingerprint density at radius 1 is 0.846 bits per heavy atom. The maximum Gasteiger partial charge on any atom is 0.355 e. The first-order chi connectivity index (χ1) is 31.2. The normalized spacial score (nSPS) is 16.1. The summed E-state index contributed by atoms with van der Waals surface area (Å²) in [5.41, 5.74) is 3.54. The number of β-lactam (4-membered cyclic amide) rings is 1. The molecule has 17 heteroatoms. The van der Waals surface area contributed by atoms with E-state index in [4.69, 9.17) is 23.5 Å². The third kappa shape index (κ3) is 10.1. The minimum Gasteiger partial charge on any atom is -1.00 e. The van der Waals surface area contributed by atoms with Gasteiger partial charge in [-0.15, -0.1) is 23.1 Å². The molecule has 2 amide bonds. The molecule has 1 fully saturated rings. The van der Waals surface area contributed by atoms with Crippen molar-refractivity contribution in [3.8, 4) is 5.75 Å². The van der Waals surface area contributed by atoms with E-state index in [0.717, 1.165) is 28.1 Å². The molecule has 4 aromatic carbocycles. The number of anilines is 1. The number of thiazole rings is 1. The van der Waals surface area contributed by atoms with Gasteiger partial charge in [-0.1, -0.05) is 109 Å². The summed E-state index contributed by atoms with van der Waals surface area (Å²) in [6, 6.07) is 41.7. The largest absolute Gasteiger partial charge is 1.00 e. The van der Waals surface area contributed by atoms with E-state index in [-0.39, 0.29) is 47.5 Å². The predicted molar refractivity (Wildman–Crippen MR) is 246 cm³/mol. The SMILES string of the molecule is COc1ccc(COC(=O)C2=C(C[n+]3ccccc3)CS[C@@H]3[C@H](NC(=O)/C(=C\P(=O)(OC)OC)c4csc(NC(c5ccccc5)(c5ccccc5)c5ccccc5)n4)C(=O)N23)cc1.[I-]. The Kier molecular flexibility index (Phi) is 15.4. The molecule has 8 rings (SSSR count).